The third kappa shape index (κ3) is 23.5. The normalized spacial score (nSPS) is 21.1. The van der Waals surface area contributed by atoms with Crippen LogP contribution in [0.2, 0.25) is 0 Å². The number of amides is 3. The largest absolute Gasteiger partial charge is 0.417 e. The number of carbonyl (C=O) groups excluding carboxylic acids is 3. The lowest BCUT2D eigenvalue weighted by molar-refractivity contribution is -0.115. The zero-order valence-electron chi connectivity index (χ0n) is 72.1. The van der Waals surface area contributed by atoms with E-state index in [0.29, 0.717) is 145 Å². The SMILES string of the molecule is C=C1C=C(C(F)(F)F)C(C(=O)Nc2cc(-c3cccc(CN4CCOCC4)c3)c(F)cc2N2CCN(C)[C@@H](C)C2)=CN1.C=C1C=C(C(F)(F)F)C(C(=O)Nc2cc(-c3cccc(CN4CCOCC4)c3)c(F)cc2N2CCN(C)[C@H](C)C2)=CN1.C=C1C=C(C(F)(F)F)C(C(=O)Nc2cc(-c3cccc(CN4CCOCC4)c3)c(F)cc2N2C[C@@H](C)N(C)[C@@H](C)C2)=CN1. The summed E-state index contributed by atoms with van der Waals surface area (Å²) >= 11 is 0. The van der Waals surface area contributed by atoms with Crippen molar-refractivity contribution in [3.05, 3.63) is 250 Å². The van der Waals surface area contributed by atoms with E-state index >= 15 is 13.2 Å². The lowest BCUT2D eigenvalue weighted by Gasteiger charge is -2.44. The molecule has 0 saturated carbocycles. The van der Waals surface area contributed by atoms with Gasteiger partial charge in [0.2, 0.25) is 0 Å². The molecule has 9 aliphatic rings. The number of morpholine rings is 3. The number of anilines is 6. The fourth-order valence-electron chi connectivity index (χ4n) is 16.6. The molecule has 0 radical (unpaired) electrons. The van der Waals surface area contributed by atoms with Crippen LogP contribution in [0.4, 0.5) is 86.8 Å². The molecule has 678 valence electrons. The molecule has 6 N–H and O–H groups in total. The van der Waals surface area contributed by atoms with Gasteiger partial charge in [-0.3, -0.25) is 34.0 Å². The van der Waals surface area contributed by atoms with E-state index in [2.05, 4.69) is 94.9 Å². The minimum Gasteiger partial charge on any atom is -0.379 e. The summed E-state index contributed by atoms with van der Waals surface area (Å²) in [5, 5.41) is 15.8. The van der Waals surface area contributed by atoms with Crippen LogP contribution in [-0.2, 0) is 48.2 Å². The van der Waals surface area contributed by atoms with Crippen LogP contribution in [0.1, 0.15) is 44.4 Å². The number of likely N-dealkylation sites (N-methyl/N-ethyl adjacent to an activating group) is 3. The molecule has 33 heteroatoms. The lowest BCUT2D eigenvalue weighted by Crippen LogP contribution is -2.55. The summed E-state index contributed by atoms with van der Waals surface area (Å²) in [5.74, 6) is -4.32. The first-order valence-electron chi connectivity index (χ1n) is 42.2. The summed E-state index contributed by atoms with van der Waals surface area (Å²) in [4.78, 5) is 59.4. The van der Waals surface area contributed by atoms with Crippen LogP contribution >= 0.6 is 0 Å². The monoisotopic (exact) mass is 1770 g/mol. The minimum absolute atomic E-state index is 0.0194. The fraction of sp³-hybridized carbons (Fsp3) is 0.394. The molecule has 15 rings (SSSR count). The van der Waals surface area contributed by atoms with Crippen molar-refractivity contribution in [2.24, 2.45) is 0 Å². The third-order valence-corrected chi connectivity index (χ3v) is 24.2. The number of carbonyl (C=O) groups is 3. The van der Waals surface area contributed by atoms with Gasteiger partial charge >= 0.3 is 18.5 Å². The number of rotatable bonds is 18. The first kappa shape index (κ1) is 93.6. The van der Waals surface area contributed by atoms with Crippen molar-refractivity contribution in [1.82, 2.24) is 45.3 Å². The zero-order chi connectivity index (χ0) is 90.9. The molecule has 3 amide bonds. The van der Waals surface area contributed by atoms with Crippen LogP contribution in [-0.4, -0.2) is 242 Å². The molecule has 0 unspecified atom stereocenters. The van der Waals surface area contributed by atoms with Crippen molar-refractivity contribution >= 4 is 51.8 Å². The molecule has 127 heavy (non-hydrogen) atoms. The Morgan fingerprint density at radius 3 is 0.937 bits per heavy atom. The zero-order valence-corrected chi connectivity index (χ0v) is 72.1. The first-order valence-corrected chi connectivity index (χ1v) is 42.2. The van der Waals surface area contributed by atoms with Crippen molar-refractivity contribution in [1.29, 1.82) is 0 Å². The van der Waals surface area contributed by atoms with Gasteiger partial charge in [0, 0.05) is 188 Å². The maximum Gasteiger partial charge on any atom is 0.417 e. The number of dihydropyridines is 3. The van der Waals surface area contributed by atoms with E-state index in [1.165, 1.54) is 36.4 Å². The van der Waals surface area contributed by atoms with Crippen molar-refractivity contribution < 1.29 is 81.3 Å². The number of nitrogens with zero attached hydrogens (tertiary/aromatic N) is 9. The Kier molecular flexibility index (Phi) is 29.9. The quantitative estimate of drug-likeness (QED) is 0.0447. The molecule has 9 heterocycles. The van der Waals surface area contributed by atoms with Gasteiger partial charge in [0.15, 0.2) is 0 Å². The smallest absolute Gasteiger partial charge is 0.379 e. The summed E-state index contributed by atoms with van der Waals surface area (Å²) < 4.78 is 188. The van der Waals surface area contributed by atoms with Crippen LogP contribution in [0.15, 0.2) is 216 Å². The Bertz CT molecular complexity index is 5070. The van der Waals surface area contributed by atoms with Crippen molar-refractivity contribution in [3.8, 4) is 33.4 Å². The summed E-state index contributed by atoms with van der Waals surface area (Å²) in [6.07, 6.45) is -8.90. The number of piperazine rings is 3. The molecular formula is C94H107F12N15O6. The van der Waals surface area contributed by atoms with E-state index in [4.69, 9.17) is 14.2 Å². The average Bonchev–Trinajstić information content (AvgIpc) is 1.11. The third-order valence-electron chi connectivity index (χ3n) is 24.2. The van der Waals surface area contributed by atoms with Gasteiger partial charge in [0.1, 0.15) is 17.5 Å². The van der Waals surface area contributed by atoms with Crippen LogP contribution in [0.5, 0.6) is 0 Å². The van der Waals surface area contributed by atoms with Crippen LogP contribution in [0.25, 0.3) is 33.4 Å². The molecule has 21 nitrogen and oxygen atoms in total. The second-order valence-corrected chi connectivity index (χ2v) is 33.3. The average molecular weight is 1770 g/mol. The second kappa shape index (κ2) is 40.5. The number of ether oxygens (including phenoxy) is 3. The highest BCUT2D eigenvalue weighted by Gasteiger charge is 2.44. The molecule has 9 aliphatic heterocycles. The first-order chi connectivity index (χ1) is 60.4. The molecule has 0 spiro atoms. The molecule has 0 bridgehead atoms. The predicted molar refractivity (Wildman–Crippen MR) is 471 cm³/mol. The molecule has 0 aromatic heterocycles. The van der Waals surface area contributed by atoms with Crippen molar-refractivity contribution in [3.63, 3.8) is 0 Å². The highest BCUT2D eigenvalue weighted by Crippen LogP contribution is 2.44. The Morgan fingerprint density at radius 1 is 0.386 bits per heavy atom. The number of halogens is 12. The molecule has 4 atom stereocenters. The Labute approximate surface area is 732 Å². The van der Waals surface area contributed by atoms with E-state index in [9.17, 15) is 53.9 Å². The Morgan fingerprint density at radius 2 is 0.661 bits per heavy atom. The fourth-order valence-corrected chi connectivity index (χ4v) is 16.6. The van der Waals surface area contributed by atoms with Crippen LogP contribution in [0, 0.1) is 17.5 Å². The maximum atomic E-state index is 15.9. The molecule has 6 aromatic rings. The Hall–Kier alpha value is -11.0. The number of benzene rings is 6. The van der Waals surface area contributed by atoms with Gasteiger partial charge in [-0.2, -0.15) is 39.5 Å². The summed E-state index contributed by atoms with van der Waals surface area (Å²) in [6.45, 7) is 34.3. The molecule has 6 aromatic carbocycles. The summed E-state index contributed by atoms with van der Waals surface area (Å²) in [6, 6.07) is 31.8. The topological polar surface area (TPSA) is 180 Å². The Balaban J connectivity index is 0.000000163. The molecular weight excluding hydrogens is 1660 g/mol. The predicted octanol–water partition coefficient (Wildman–Crippen LogP) is 15.1. The van der Waals surface area contributed by atoms with E-state index in [1.807, 2.05) is 104 Å². The summed E-state index contributed by atoms with van der Waals surface area (Å²) in [5.41, 5.74) is 2.52. The second-order valence-electron chi connectivity index (χ2n) is 33.3. The number of allylic oxidation sites excluding steroid dienone is 3. The van der Waals surface area contributed by atoms with Crippen molar-refractivity contribution in [2.45, 2.75) is 90.0 Å². The lowest BCUT2D eigenvalue weighted by atomic mass is 9.98. The highest BCUT2D eigenvalue weighted by molar-refractivity contribution is 6.11. The van der Waals surface area contributed by atoms with Crippen LogP contribution in [0.3, 0.4) is 0 Å². The van der Waals surface area contributed by atoms with Gasteiger partial charge < -0.3 is 70.6 Å². The number of alkyl halides is 9. The van der Waals surface area contributed by atoms with E-state index < -0.39 is 87.1 Å². The van der Waals surface area contributed by atoms with Gasteiger partial charge in [-0.25, -0.2) is 13.2 Å². The molecule has 6 saturated heterocycles. The van der Waals surface area contributed by atoms with Gasteiger partial charge in [-0.1, -0.05) is 74.3 Å². The van der Waals surface area contributed by atoms with Gasteiger partial charge in [0.25, 0.3) is 17.7 Å². The minimum atomic E-state index is -4.77. The number of nitrogens with one attached hydrogen (secondary N) is 6. The van der Waals surface area contributed by atoms with Gasteiger partial charge in [-0.05, 0) is 155 Å². The number of hydrogen-bond acceptors (Lipinski definition) is 18. The standard InChI is InChI=1S/C32H37F4N5O2.2C31H35F4N5O2/c1-20-12-27(32(34,35)36)26(16-37-20)31(42)38-29-14-25(24-7-5-6-23(13-24)19-40-8-10-43-11-9-40)28(33)15-30(29)41-17-21(2)39(4)22(3)18-41;2*1-20-13-26(31(33,34)35)25(17-36-20)30(41)37-28-15-24(27(32)16-29(28)40-8-7-38(3)21(2)18-40)23-6-4-5-22(14-23)19-39-9-11-42-12-10-39/h5-7,12-16,21-22,37H,1,8-11,17-19H2,2-4H3,(H,38,42);2*4-6,13-17,21,36H,1,7-12,18-19H2,2-3H3,(H,37,41)/t21-,22+;2*21-/m.10/s1. The highest BCUT2D eigenvalue weighted by atomic mass is 19.4. The van der Waals surface area contributed by atoms with E-state index in [1.54, 1.807) is 18.2 Å². The van der Waals surface area contributed by atoms with E-state index in [0.717, 1.165) is 92.8 Å². The molecule has 6 fully saturated rings. The van der Waals surface area contributed by atoms with Crippen molar-refractivity contribution in [2.75, 3.05) is 183 Å². The number of hydrogen-bond donors (Lipinski definition) is 6. The van der Waals surface area contributed by atoms with Gasteiger partial charge in [-0.15, -0.1) is 0 Å². The van der Waals surface area contributed by atoms with Gasteiger partial charge in [0.05, 0.1) is 107 Å². The maximum absolute atomic E-state index is 15.9. The van der Waals surface area contributed by atoms with E-state index in [-0.39, 0.29) is 75.0 Å². The molecule has 0 aliphatic carbocycles. The van der Waals surface area contributed by atoms with Crippen LogP contribution < -0.4 is 46.6 Å². The summed E-state index contributed by atoms with van der Waals surface area (Å²) in [7, 11) is 6.02.